The quantitative estimate of drug-likeness (QED) is 0.539. The van der Waals surface area contributed by atoms with Crippen molar-refractivity contribution >= 4 is 26.5 Å². The van der Waals surface area contributed by atoms with Crippen LogP contribution in [0.3, 0.4) is 0 Å². The van der Waals surface area contributed by atoms with Crippen molar-refractivity contribution in [1.82, 2.24) is 0 Å². The first-order chi connectivity index (χ1) is 1.73. The third-order valence-corrected chi connectivity index (χ3v) is 0. The molecule has 4 heteroatoms. The van der Waals surface area contributed by atoms with Crippen molar-refractivity contribution in [1.29, 1.82) is 0 Å². The van der Waals surface area contributed by atoms with Crippen molar-refractivity contribution in [3.8, 4) is 0 Å². The summed E-state index contributed by atoms with van der Waals surface area (Å²) in [7, 11) is 0. The van der Waals surface area contributed by atoms with Crippen LogP contribution in [0.4, 0.5) is 0 Å². The van der Waals surface area contributed by atoms with Crippen LogP contribution in [0.1, 0.15) is 0 Å². The summed E-state index contributed by atoms with van der Waals surface area (Å²) in [6.07, 6.45) is 0. The summed E-state index contributed by atoms with van der Waals surface area (Å²) < 4.78 is 16.7. The predicted octanol–water partition coefficient (Wildman–Crippen LogP) is -0.211. The summed E-state index contributed by atoms with van der Waals surface area (Å²) in [5, 5.41) is 0. The number of hydrogen-bond acceptors (Lipinski definition) is 1. The second-order valence-electron chi connectivity index (χ2n) is 0.207. The molecule has 26 valence electrons. The molecule has 0 aromatic carbocycles. The van der Waals surface area contributed by atoms with E-state index in [9.17, 15) is 0 Å². The van der Waals surface area contributed by atoms with E-state index in [1.165, 1.54) is 0 Å². The molecule has 1 N–H and O–H groups in total. The van der Waals surface area contributed by atoms with Gasteiger partial charge in [-0.05, 0) is 0 Å². The Morgan fingerprint density at radius 2 is 2.00 bits per heavy atom. The summed E-state index contributed by atoms with van der Waals surface area (Å²) in [4.78, 5) is 0. The van der Waals surface area contributed by atoms with E-state index in [2.05, 4.69) is 14.1 Å². The molecule has 0 aliphatic carbocycles. The second kappa shape index (κ2) is 2.03. The predicted molar refractivity (Wildman–Crippen MR) is 17.6 cm³/mol. The molecule has 0 amide bonds. The standard InChI is InChI=1S/BrHO2Se/c1-4(2)3/h(H,2,3). The van der Waals surface area contributed by atoms with Crippen molar-refractivity contribution in [2.75, 3.05) is 0 Å². The van der Waals surface area contributed by atoms with E-state index in [-0.39, 0.29) is 0 Å². The fraction of sp³-hybridized carbons (Fsp3) is 0. The molecule has 0 aromatic rings. The maximum atomic E-state index is 9.12. The molecule has 0 saturated heterocycles. The normalized spacial score (nSPS) is 15.5. The zero-order chi connectivity index (χ0) is 3.58. The van der Waals surface area contributed by atoms with Crippen LogP contribution < -0.4 is 0 Å². The van der Waals surface area contributed by atoms with Crippen LogP contribution in [0, 0.1) is 0 Å². The molecule has 0 fully saturated rings. The molecule has 0 radical (unpaired) electrons. The maximum absolute atomic E-state index is 9.12. The van der Waals surface area contributed by atoms with Gasteiger partial charge in [-0.15, -0.1) is 0 Å². The molecule has 0 saturated carbocycles. The first kappa shape index (κ1) is 4.76. The Labute approximate surface area is 34.9 Å². The fourth-order valence-electron chi connectivity index (χ4n) is 0. The molecule has 0 aromatic heterocycles. The zero-order valence-electron chi connectivity index (χ0n) is 1.64. The Balaban J connectivity index is 2.80. The van der Waals surface area contributed by atoms with E-state index in [0.717, 1.165) is 0 Å². The average Bonchev–Trinajstić information content (AvgIpc) is 0.811. The van der Waals surface area contributed by atoms with Crippen LogP contribution in [0.15, 0.2) is 0 Å². The van der Waals surface area contributed by atoms with Gasteiger partial charge >= 0.3 is 34.5 Å². The summed E-state index contributed by atoms with van der Waals surface area (Å²) in [6.45, 7) is 0. The van der Waals surface area contributed by atoms with Crippen molar-refractivity contribution < 1.29 is 8.02 Å². The topological polar surface area (TPSA) is 37.3 Å². The van der Waals surface area contributed by atoms with Gasteiger partial charge < -0.3 is 0 Å². The summed E-state index contributed by atoms with van der Waals surface area (Å²) in [5.41, 5.74) is 0. The Kier molecular flexibility index (Phi) is 2.41. The van der Waals surface area contributed by atoms with Crippen molar-refractivity contribution in [2.24, 2.45) is 0 Å². The zero-order valence-corrected chi connectivity index (χ0v) is 4.94. The van der Waals surface area contributed by atoms with Gasteiger partial charge in [-0.2, -0.15) is 0 Å². The molecule has 0 rings (SSSR count). The SMILES string of the molecule is O=[Se](O)Br. The third-order valence-electron chi connectivity index (χ3n) is 0. The van der Waals surface area contributed by atoms with E-state index in [1.807, 2.05) is 0 Å². The Morgan fingerprint density at radius 3 is 2.00 bits per heavy atom. The molecule has 0 aliphatic heterocycles. The van der Waals surface area contributed by atoms with Crippen LogP contribution in [0.5, 0.6) is 0 Å². The van der Waals surface area contributed by atoms with Gasteiger partial charge in [0.25, 0.3) is 0 Å². The van der Waals surface area contributed by atoms with Crippen LogP contribution in [-0.4, -0.2) is 16.5 Å². The van der Waals surface area contributed by atoms with E-state index in [4.69, 9.17) is 8.02 Å². The first-order valence-electron chi connectivity index (χ1n) is 0.504. The van der Waals surface area contributed by atoms with Crippen LogP contribution in [0.25, 0.3) is 0 Å². The molecule has 2 nitrogen and oxygen atoms in total. The molecule has 1 unspecified atom stereocenters. The second-order valence-corrected chi connectivity index (χ2v) is 3.95. The van der Waals surface area contributed by atoms with Gasteiger partial charge in [0, 0.05) is 0 Å². The first-order valence-corrected chi connectivity index (χ1v) is 5.98. The van der Waals surface area contributed by atoms with Gasteiger partial charge in [0.1, 0.15) is 0 Å². The molecule has 0 spiro atoms. The van der Waals surface area contributed by atoms with E-state index in [0.29, 0.717) is 0 Å². The van der Waals surface area contributed by atoms with Gasteiger partial charge in [0.05, 0.1) is 0 Å². The van der Waals surface area contributed by atoms with Crippen molar-refractivity contribution in [3.05, 3.63) is 0 Å². The Bertz CT molecular complexity index is 29.0. The van der Waals surface area contributed by atoms with Crippen LogP contribution in [0.2, 0.25) is 0 Å². The van der Waals surface area contributed by atoms with Gasteiger partial charge in [-0.3, -0.25) is 0 Å². The van der Waals surface area contributed by atoms with Crippen molar-refractivity contribution in [3.63, 3.8) is 0 Å². The summed E-state index contributed by atoms with van der Waals surface area (Å²) in [5.74, 6) is 0. The molecule has 0 aliphatic rings. The number of halogens is 1. The summed E-state index contributed by atoms with van der Waals surface area (Å²) >= 11 is -0.0833. The average molecular weight is 192 g/mol. The van der Waals surface area contributed by atoms with E-state index in [1.54, 1.807) is 0 Å². The minimum absolute atomic E-state index is 2.40. The molecular weight excluding hydrogens is 191 g/mol. The Hall–Kier alpha value is 0.759. The van der Waals surface area contributed by atoms with E-state index >= 15 is 0 Å². The van der Waals surface area contributed by atoms with Gasteiger partial charge in [-0.1, -0.05) is 0 Å². The van der Waals surface area contributed by atoms with Gasteiger partial charge in [0.15, 0.2) is 0 Å². The molecule has 4 heavy (non-hydrogen) atoms. The fourth-order valence-corrected chi connectivity index (χ4v) is 0. The molecule has 0 bridgehead atoms. The van der Waals surface area contributed by atoms with Crippen molar-refractivity contribution in [2.45, 2.75) is 0 Å². The molecule has 1 atom stereocenters. The monoisotopic (exact) mass is 192 g/mol. The summed E-state index contributed by atoms with van der Waals surface area (Å²) in [6, 6.07) is 0. The van der Waals surface area contributed by atoms with E-state index < -0.39 is 12.4 Å². The van der Waals surface area contributed by atoms with Gasteiger partial charge in [-0.25, -0.2) is 0 Å². The number of rotatable bonds is 0. The van der Waals surface area contributed by atoms with Crippen LogP contribution in [-0.2, 0) is 3.83 Å². The third kappa shape index (κ3) is 14.8. The van der Waals surface area contributed by atoms with Crippen LogP contribution >= 0.6 is 14.1 Å². The minimum atomic E-state index is -2.48. The Morgan fingerprint density at radius 1 is 2.00 bits per heavy atom. The molecule has 0 heterocycles. The molecular formula is HBrO2Se. The van der Waals surface area contributed by atoms with Gasteiger partial charge in [0.2, 0.25) is 0 Å². The number of hydrogen-bond donors (Lipinski definition) is 1.